The standard InChI is InChI=1S/C25H21NO3/c1-16-11-13-18(14-12-16)22-21(23(27)19-8-4-3-5-9-19)24(28)25(29)26(22)20-10-6-7-17(2)15-20/h3-15,22,27H,1-2H3/t22-/m1/s1. The van der Waals surface area contributed by atoms with Gasteiger partial charge in [0.15, 0.2) is 0 Å². The van der Waals surface area contributed by atoms with Crippen molar-refractivity contribution in [2.45, 2.75) is 19.9 Å². The van der Waals surface area contributed by atoms with Crippen LogP contribution in [0.5, 0.6) is 0 Å². The zero-order valence-electron chi connectivity index (χ0n) is 16.3. The summed E-state index contributed by atoms with van der Waals surface area (Å²) in [4.78, 5) is 27.6. The van der Waals surface area contributed by atoms with E-state index in [1.807, 2.05) is 68.4 Å². The lowest BCUT2D eigenvalue weighted by Gasteiger charge is -2.25. The highest BCUT2D eigenvalue weighted by atomic mass is 16.3. The van der Waals surface area contributed by atoms with Gasteiger partial charge < -0.3 is 5.11 Å². The largest absolute Gasteiger partial charge is 0.507 e. The van der Waals surface area contributed by atoms with Gasteiger partial charge in [-0.3, -0.25) is 14.5 Å². The zero-order chi connectivity index (χ0) is 20.5. The lowest BCUT2D eigenvalue weighted by atomic mass is 9.94. The lowest BCUT2D eigenvalue weighted by Crippen LogP contribution is -2.29. The van der Waals surface area contributed by atoms with E-state index >= 15 is 0 Å². The molecule has 1 amide bonds. The number of carbonyl (C=O) groups excluding carboxylic acids is 2. The van der Waals surface area contributed by atoms with Gasteiger partial charge in [0.25, 0.3) is 11.7 Å². The number of nitrogens with zero attached hydrogens (tertiary/aromatic N) is 1. The van der Waals surface area contributed by atoms with E-state index in [9.17, 15) is 14.7 Å². The van der Waals surface area contributed by atoms with Gasteiger partial charge in [0.1, 0.15) is 5.76 Å². The summed E-state index contributed by atoms with van der Waals surface area (Å²) in [5.74, 6) is -1.48. The Balaban J connectivity index is 1.96. The van der Waals surface area contributed by atoms with E-state index in [2.05, 4.69) is 0 Å². The predicted molar refractivity (Wildman–Crippen MR) is 114 cm³/mol. The Labute approximate surface area is 169 Å². The summed E-state index contributed by atoms with van der Waals surface area (Å²) in [7, 11) is 0. The quantitative estimate of drug-likeness (QED) is 0.396. The minimum atomic E-state index is -0.697. The molecule has 1 fully saturated rings. The maximum atomic E-state index is 13.0. The number of hydrogen-bond acceptors (Lipinski definition) is 3. The normalized spacial score (nSPS) is 18.3. The fourth-order valence-electron chi connectivity index (χ4n) is 3.69. The second kappa shape index (κ2) is 7.40. The lowest BCUT2D eigenvalue weighted by molar-refractivity contribution is -0.132. The molecule has 1 heterocycles. The van der Waals surface area contributed by atoms with Crippen molar-refractivity contribution in [1.29, 1.82) is 0 Å². The fraction of sp³-hybridized carbons (Fsp3) is 0.120. The number of benzene rings is 3. The summed E-state index contributed by atoms with van der Waals surface area (Å²) in [6.45, 7) is 3.91. The Hall–Kier alpha value is -3.66. The first-order valence-corrected chi connectivity index (χ1v) is 9.47. The SMILES string of the molecule is Cc1ccc([C@@H]2C(=C(O)c3ccccc3)C(=O)C(=O)N2c2cccc(C)c2)cc1. The summed E-state index contributed by atoms with van der Waals surface area (Å²) in [6, 6.07) is 23.3. The molecule has 1 aliphatic heterocycles. The number of anilines is 1. The van der Waals surface area contributed by atoms with E-state index in [1.165, 1.54) is 4.90 Å². The smallest absolute Gasteiger partial charge is 0.300 e. The van der Waals surface area contributed by atoms with Crippen LogP contribution < -0.4 is 4.90 Å². The molecule has 1 aliphatic rings. The molecule has 4 heteroatoms. The van der Waals surface area contributed by atoms with E-state index in [-0.39, 0.29) is 11.3 Å². The minimum Gasteiger partial charge on any atom is -0.507 e. The highest BCUT2D eigenvalue weighted by Gasteiger charge is 2.46. The van der Waals surface area contributed by atoms with E-state index in [4.69, 9.17) is 0 Å². The molecule has 29 heavy (non-hydrogen) atoms. The molecule has 0 saturated carbocycles. The van der Waals surface area contributed by atoms with Crippen LogP contribution in [0.25, 0.3) is 5.76 Å². The fourth-order valence-corrected chi connectivity index (χ4v) is 3.69. The number of ketones is 1. The number of aryl methyl sites for hydroxylation is 2. The van der Waals surface area contributed by atoms with Crippen molar-refractivity contribution in [3.8, 4) is 0 Å². The first-order chi connectivity index (χ1) is 14.0. The third-order valence-corrected chi connectivity index (χ3v) is 5.16. The number of amides is 1. The van der Waals surface area contributed by atoms with Crippen LogP contribution >= 0.6 is 0 Å². The monoisotopic (exact) mass is 383 g/mol. The summed E-state index contributed by atoms with van der Waals surface area (Å²) in [5.41, 5.74) is 4.07. The van der Waals surface area contributed by atoms with Crippen molar-refractivity contribution < 1.29 is 14.7 Å². The van der Waals surface area contributed by atoms with Gasteiger partial charge in [-0.15, -0.1) is 0 Å². The molecule has 1 saturated heterocycles. The van der Waals surface area contributed by atoms with Gasteiger partial charge in [-0.2, -0.15) is 0 Å². The van der Waals surface area contributed by atoms with E-state index in [1.54, 1.807) is 24.3 Å². The van der Waals surface area contributed by atoms with Crippen molar-refractivity contribution in [2.75, 3.05) is 4.90 Å². The molecule has 0 bridgehead atoms. The van der Waals surface area contributed by atoms with Crippen LogP contribution in [0.15, 0.2) is 84.4 Å². The molecule has 3 aromatic rings. The molecule has 3 aromatic carbocycles. The molecule has 0 spiro atoms. The molecule has 0 aliphatic carbocycles. The second-order valence-electron chi connectivity index (χ2n) is 7.28. The van der Waals surface area contributed by atoms with Gasteiger partial charge >= 0.3 is 0 Å². The molecule has 1 N–H and O–H groups in total. The van der Waals surface area contributed by atoms with Gasteiger partial charge in [-0.25, -0.2) is 0 Å². The molecule has 0 aromatic heterocycles. The molecular formula is C25H21NO3. The van der Waals surface area contributed by atoms with Crippen molar-refractivity contribution in [1.82, 2.24) is 0 Å². The number of hydrogen-bond donors (Lipinski definition) is 1. The van der Waals surface area contributed by atoms with Crippen molar-refractivity contribution in [2.24, 2.45) is 0 Å². The van der Waals surface area contributed by atoms with Crippen LogP contribution in [-0.2, 0) is 9.59 Å². The van der Waals surface area contributed by atoms with Gasteiger partial charge in [-0.1, -0.05) is 72.3 Å². The van der Waals surface area contributed by atoms with Crippen LogP contribution in [0.4, 0.5) is 5.69 Å². The number of aliphatic hydroxyl groups excluding tert-OH is 1. The van der Waals surface area contributed by atoms with Crippen molar-refractivity contribution >= 4 is 23.1 Å². The van der Waals surface area contributed by atoms with Crippen molar-refractivity contribution in [3.05, 3.63) is 107 Å². The number of carbonyl (C=O) groups is 2. The Morgan fingerprint density at radius 1 is 0.828 bits per heavy atom. The minimum absolute atomic E-state index is 0.103. The van der Waals surface area contributed by atoms with E-state index in [0.29, 0.717) is 11.3 Å². The maximum absolute atomic E-state index is 13.0. The average molecular weight is 383 g/mol. The maximum Gasteiger partial charge on any atom is 0.300 e. The number of rotatable bonds is 3. The summed E-state index contributed by atoms with van der Waals surface area (Å²) in [6.07, 6.45) is 0. The molecule has 144 valence electrons. The van der Waals surface area contributed by atoms with Crippen LogP contribution in [0, 0.1) is 13.8 Å². The highest BCUT2D eigenvalue weighted by molar-refractivity contribution is 6.51. The van der Waals surface area contributed by atoms with E-state index < -0.39 is 17.7 Å². The molecule has 4 rings (SSSR count). The summed E-state index contributed by atoms with van der Waals surface area (Å²) >= 11 is 0. The first-order valence-electron chi connectivity index (χ1n) is 9.47. The zero-order valence-corrected chi connectivity index (χ0v) is 16.3. The topological polar surface area (TPSA) is 57.6 Å². The highest BCUT2D eigenvalue weighted by Crippen LogP contribution is 2.42. The van der Waals surface area contributed by atoms with Gasteiger partial charge in [-0.05, 0) is 37.1 Å². The van der Waals surface area contributed by atoms with Crippen LogP contribution in [0.3, 0.4) is 0 Å². The van der Waals surface area contributed by atoms with E-state index in [0.717, 1.165) is 16.7 Å². The third kappa shape index (κ3) is 3.34. The Bertz CT molecular complexity index is 1110. The van der Waals surface area contributed by atoms with Crippen LogP contribution in [-0.4, -0.2) is 16.8 Å². The molecular weight excluding hydrogens is 362 g/mol. The summed E-state index contributed by atoms with van der Waals surface area (Å²) < 4.78 is 0. The van der Waals surface area contributed by atoms with Crippen LogP contribution in [0.1, 0.15) is 28.3 Å². The molecule has 0 radical (unpaired) electrons. The van der Waals surface area contributed by atoms with Crippen molar-refractivity contribution in [3.63, 3.8) is 0 Å². The molecule has 4 nitrogen and oxygen atoms in total. The summed E-state index contributed by atoms with van der Waals surface area (Å²) in [5, 5.41) is 11.0. The third-order valence-electron chi connectivity index (χ3n) is 5.16. The number of Topliss-reactive ketones (excluding diaryl/α,β-unsaturated/α-hetero) is 1. The first kappa shape index (κ1) is 18.7. The van der Waals surface area contributed by atoms with Gasteiger partial charge in [0.2, 0.25) is 0 Å². The second-order valence-corrected chi connectivity index (χ2v) is 7.28. The molecule has 1 atom stereocenters. The molecule has 0 unspecified atom stereocenters. The Morgan fingerprint density at radius 3 is 2.17 bits per heavy atom. The predicted octanol–water partition coefficient (Wildman–Crippen LogP) is 4.93. The Morgan fingerprint density at radius 2 is 1.52 bits per heavy atom. The van der Waals surface area contributed by atoms with Gasteiger partial charge in [0.05, 0.1) is 11.6 Å². The Kier molecular flexibility index (Phi) is 4.77. The number of aliphatic hydroxyl groups is 1. The average Bonchev–Trinajstić information content (AvgIpc) is 2.99. The van der Waals surface area contributed by atoms with Crippen LogP contribution in [0.2, 0.25) is 0 Å². The van der Waals surface area contributed by atoms with Gasteiger partial charge in [0, 0.05) is 11.3 Å².